The Labute approximate surface area is 205 Å². The third-order valence-corrected chi connectivity index (χ3v) is 6.42. The van der Waals surface area contributed by atoms with E-state index in [1.807, 2.05) is 31.3 Å². The van der Waals surface area contributed by atoms with Crippen molar-refractivity contribution in [2.45, 2.75) is 19.4 Å². The molecule has 1 aliphatic rings. The average molecular weight is 486 g/mol. The van der Waals surface area contributed by atoms with E-state index in [2.05, 4.69) is 42.0 Å². The predicted octanol–water partition coefficient (Wildman–Crippen LogP) is 3.64. The van der Waals surface area contributed by atoms with Crippen LogP contribution in [-0.2, 0) is 0 Å². The number of fused-ring (bicyclic) bond motifs is 1. The first-order chi connectivity index (χ1) is 17.1. The number of anilines is 1. The highest BCUT2D eigenvalue weighted by atomic mass is 35.5. The molecule has 0 radical (unpaired) electrons. The van der Waals surface area contributed by atoms with Crippen molar-refractivity contribution in [2.75, 3.05) is 11.9 Å². The number of pyridine rings is 2. The summed E-state index contributed by atoms with van der Waals surface area (Å²) < 4.78 is 1.78. The van der Waals surface area contributed by atoms with Gasteiger partial charge in [0.05, 0.1) is 64.2 Å². The van der Waals surface area contributed by atoms with Gasteiger partial charge in [-0.3, -0.25) is 9.78 Å². The van der Waals surface area contributed by atoms with Crippen LogP contribution in [0.2, 0.25) is 5.02 Å². The summed E-state index contributed by atoms with van der Waals surface area (Å²) >= 11 is 6.33. The Hall–Kier alpha value is -4.15. The second-order valence-corrected chi connectivity index (χ2v) is 8.63. The van der Waals surface area contributed by atoms with Gasteiger partial charge < -0.3 is 10.6 Å². The minimum Gasteiger partial charge on any atom is -0.320 e. The standard InChI is InChI=1S/C24H20ClN9O/c1-14-18(24(35)32-15-11-19(25)23(28-12-15)34-29-9-10-30-34)13-31-33(14)21-4-2-3-17-16(21)5-7-27-22(17)20-6-8-26-20/h2-5,7,9-13,20,26H,6,8H2,1H3,(H,32,35). The van der Waals surface area contributed by atoms with Crippen LogP contribution in [0.5, 0.6) is 0 Å². The first-order valence-corrected chi connectivity index (χ1v) is 11.5. The van der Waals surface area contributed by atoms with Crippen molar-refractivity contribution in [2.24, 2.45) is 0 Å². The normalized spacial score (nSPS) is 15.2. The molecule has 0 saturated carbocycles. The summed E-state index contributed by atoms with van der Waals surface area (Å²) in [5, 5.41) is 21.3. The molecule has 11 heteroatoms. The van der Waals surface area contributed by atoms with Crippen LogP contribution in [0.25, 0.3) is 22.3 Å². The molecule has 1 aromatic carbocycles. The molecule has 0 spiro atoms. The summed E-state index contributed by atoms with van der Waals surface area (Å²) in [5.41, 5.74) is 3.55. The zero-order valence-corrected chi connectivity index (χ0v) is 19.4. The molecule has 1 fully saturated rings. The third kappa shape index (κ3) is 3.72. The number of nitrogens with one attached hydrogen (secondary N) is 2. The molecule has 174 valence electrons. The van der Waals surface area contributed by atoms with Gasteiger partial charge in [0.2, 0.25) is 0 Å². The average Bonchev–Trinajstić information content (AvgIpc) is 3.48. The molecular formula is C24H20ClN9O. The fraction of sp³-hybridized carbons (Fsp3) is 0.167. The van der Waals surface area contributed by atoms with Crippen molar-refractivity contribution in [3.63, 3.8) is 0 Å². The number of rotatable bonds is 5. The minimum atomic E-state index is -0.308. The number of nitrogens with zero attached hydrogens (tertiary/aromatic N) is 7. The van der Waals surface area contributed by atoms with Crippen LogP contribution in [0.3, 0.4) is 0 Å². The summed E-state index contributed by atoms with van der Waals surface area (Å²) in [4.78, 5) is 23.3. The summed E-state index contributed by atoms with van der Waals surface area (Å²) in [6, 6.07) is 9.92. The highest BCUT2D eigenvalue weighted by molar-refractivity contribution is 6.32. The number of hydrogen-bond donors (Lipinski definition) is 2. The van der Waals surface area contributed by atoms with Gasteiger partial charge in [0.25, 0.3) is 5.91 Å². The maximum absolute atomic E-state index is 13.1. The lowest BCUT2D eigenvalue weighted by atomic mass is 9.97. The van der Waals surface area contributed by atoms with Crippen LogP contribution in [0.15, 0.2) is 61.3 Å². The van der Waals surface area contributed by atoms with Crippen LogP contribution < -0.4 is 10.6 Å². The Kier molecular flexibility index (Phi) is 5.24. The van der Waals surface area contributed by atoms with Crippen LogP contribution in [0.1, 0.15) is 34.2 Å². The van der Waals surface area contributed by atoms with E-state index in [-0.39, 0.29) is 11.9 Å². The molecule has 1 aliphatic heterocycles. The van der Waals surface area contributed by atoms with E-state index in [9.17, 15) is 4.79 Å². The van der Waals surface area contributed by atoms with Gasteiger partial charge in [-0.05, 0) is 38.1 Å². The van der Waals surface area contributed by atoms with E-state index in [1.54, 1.807) is 16.9 Å². The summed E-state index contributed by atoms with van der Waals surface area (Å²) in [7, 11) is 0. The third-order valence-electron chi connectivity index (χ3n) is 6.14. The van der Waals surface area contributed by atoms with Gasteiger partial charge in [-0.15, -0.1) is 4.80 Å². The number of carbonyl (C=O) groups is 1. The number of carbonyl (C=O) groups excluding carboxylic acids is 1. The van der Waals surface area contributed by atoms with Gasteiger partial charge in [-0.2, -0.15) is 15.3 Å². The molecule has 6 rings (SSSR count). The number of halogens is 1. The first-order valence-electron chi connectivity index (χ1n) is 11.1. The Morgan fingerprint density at radius 2 is 1.91 bits per heavy atom. The second-order valence-electron chi connectivity index (χ2n) is 8.22. The van der Waals surface area contributed by atoms with E-state index in [1.165, 1.54) is 23.4 Å². The molecule has 4 aromatic heterocycles. The molecular weight excluding hydrogens is 466 g/mol. The lowest BCUT2D eigenvalue weighted by molar-refractivity contribution is 0.102. The van der Waals surface area contributed by atoms with Gasteiger partial charge in [0, 0.05) is 17.0 Å². The highest BCUT2D eigenvalue weighted by Gasteiger charge is 2.23. The van der Waals surface area contributed by atoms with Crippen molar-refractivity contribution in [3.05, 3.63) is 83.3 Å². The molecule has 5 aromatic rings. The van der Waals surface area contributed by atoms with Gasteiger partial charge in [-0.25, -0.2) is 9.67 Å². The Morgan fingerprint density at radius 3 is 2.66 bits per heavy atom. The van der Waals surface area contributed by atoms with Crippen LogP contribution in [0.4, 0.5) is 5.69 Å². The SMILES string of the molecule is Cc1c(C(=O)Nc2cnc(-n3nccn3)c(Cl)c2)cnn1-c1cccc2c(C3CCN3)nccc12. The van der Waals surface area contributed by atoms with Crippen molar-refractivity contribution >= 4 is 34.0 Å². The summed E-state index contributed by atoms with van der Waals surface area (Å²) in [5.74, 6) is 0.0680. The Morgan fingerprint density at radius 1 is 1.09 bits per heavy atom. The van der Waals surface area contributed by atoms with E-state index >= 15 is 0 Å². The quantitative estimate of drug-likeness (QED) is 0.390. The first kappa shape index (κ1) is 21.4. The zero-order valence-electron chi connectivity index (χ0n) is 18.7. The van der Waals surface area contributed by atoms with Gasteiger partial charge in [0.1, 0.15) is 0 Å². The number of benzene rings is 1. The molecule has 1 saturated heterocycles. The highest BCUT2D eigenvalue weighted by Crippen LogP contribution is 2.31. The van der Waals surface area contributed by atoms with Gasteiger partial charge in [-0.1, -0.05) is 23.7 Å². The fourth-order valence-corrected chi connectivity index (χ4v) is 4.48. The van der Waals surface area contributed by atoms with E-state index in [4.69, 9.17) is 11.6 Å². The lowest BCUT2D eigenvalue weighted by Crippen LogP contribution is -2.35. The minimum absolute atomic E-state index is 0.268. The molecule has 10 nitrogen and oxygen atoms in total. The lowest BCUT2D eigenvalue weighted by Gasteiger charge is -2.28. The van der Waals surface area contributed by atoms with E-state index in [0.717, 1.165) is 35.1 Å². The maximum Gasteiger partial charge on any atom is 0.259 e. The largest absolute Gasteiger partial charge is 0.320 e. The summed E-state index contributed by atoms with van der Waals surface area (Å²) in [6.07, 6.45) is 9.04. The molecule has 2 N–H and O–H groups in total. The van der Waals surface area contributed by atoms with Crippen molar-refractivity contribution in [3.8, 4) is 11.5 Å². The van der Waals surface area contributed by atoms with Gasteiger partial charge in [0.15, 0.2) is 5.82 Å². The molecule has 0 bridgehead atoms. The molecule has 1 atom stereocenters. The molecule has 35 heavy (non-hydrogen) atoms. The molecule has 5 heterocycles. The Balaban J connectivity index is 1.30. The monoisotopic (exact) mass is 485 g/mol. The smallest absolute Gasteiger partial charge is 0.259 e. The second kappa shape index (κ2) is 8.57. The number of amides is 1. The summed E-state index contributed by atoms with van der Waals surface area (Å²) in [6.45, 7) is 2.87. The van der Waals surface area contributed by atoms with E-state index < -0.39 is 0 Å². The topological polar surface area (TPSA) is 115 Å². The van der Waals surface area contributed by atoms with E-state index in [0.29, 0.717) is 27.8 Å². The zero-order chi connectivity index (χ0) is 23.9. The maximum atomic E-state index is 13.1. The number of hydrogen-bond acceptors (Lipinski definition) is 7. The Bertz CT molecular complexity index is 1560. The predicted molar refractivity (Wildman–Crippen MR) is 131 cm³/mol. The van der Waals surface area contributed by atoms with Crippen molar-refractivity contribution < 1.29 is 4.79 Å². The van der Waals surface area contributed by atoms with Crippen molar-refractivity contribution in [1.29, 1.82) is 0 Å². The van der Waals surface area contributed by atoms with Gasteiger partial charge >= 0.3 is 0 Å². The van der Waals surface area contributed by atoms with Crippen LogP contribution >= 0.6 is 11.6 Å². The fourth-order valence-electron chi connectivity index (χ4n) is 4.24. The molecule has 1 unspecified atom stereocenters. The van der Waals surface area contributed by atoms with Crippen LogP contribution in [-0.4, -0.2) is 47.2 Å². The number of aromatic nitrogens is 7. The molecule has 0 aliphatic carbocycles. The van der Waals surface area contributed by atoms with Crippen molar-refractivity contribution in [1.82, 2.24) is 40.1 Å². The van der Waals surface area contributed by atoms with Crippen LogP contribution in [0, 0.1) is 6.92 Å². The molecule has 1 amide bonds.